The lowest BCUT2D eigenvalue weighted by Gasteiger charge is -2.06. The first kappa shape index (κ1) is 11.3. The molecule has 1 aromatic carbocycles. The van der Waals surface area contributed by atoms with Gasteiger partial charge in [0.2, 0.25) is 0 Å². The molecule has 4 heteroatoms. The molecule has 19 heavy (non-hydrogen) atoms. The number of nitrogens with zero attached hydrogens (tertiary/aromatic N) is 2. The van der Waals surface area contributed by atoms with Crippen LogP contribution in [0.25, 0.3) is 22.2 Å². The van der Waals surface area contributed by atoms with Crippen molar-refractivity contribution in [3.63, 3.8) is 0 Å². The molecule has 0 atom stereocenters. The number of hydrogen-bond acceptors (Lipinski definition) is 3. The van der Waals surface area contributed by atoms with Crippen LogP contribution >= 0.6 is 0 Å². The molecule has 3 aromatic rings. The Morgan fingerprint density at radius 2 is 1.84 bits per heavy atom. The summed E-state index contributed by atoms with van der Waals surface area (Å²) in [6, 6.07) is 14.5. The van der Waals surface area contributed by atoms with Gasteiger partial charge in [-0.2, -0.15) is 0 Å². The SMILES string of the molecule is O=C(O)c1cccc(-c2cccc3ncccc23)n1. The summed E-state index contributed by atoms with van der Waals surface area (Å²) in [5.41, 5.74) is 2.42. The van der Waals surface area contributed by atoms with Crippen molar-refractivity contribution < 1.29 is 9.90 Å². The lowest BCUT2D eigenvalue weighted by Crippen LogP contribution is -2.00. The molecule has 0 fully saturated rings. The van der Waals surface area contributed by atoms with Crippen LogP contribution in [-0.4, -0.2) is 21.0 Å². The minimum absolute atomic E-state index is 0.0402. The van der Waals surface area contributed by atoms with Crippen molar-refractivity contribution in [2.24, 2.45) is 0 Å². The molecule has 0 unspecified atom stereocenters. The Bertz CT molecular complexity index is 763. The van der Waals surface area contributed by atoms with Gasteiger partial charge in [-0.1, -0.05) is 24.3 Å². The van der Waals surface area contributed by atoms with E-state index in [1.165, 1.54) is 6.07 Å². The zero-order chi connectivity index (χ0) is 13.2. The Morgan fingerprint density at radius 1 is 1.00 bits per heavy atom. The van der Waals surface area contributed by atoms with E-state index in [1.807, 2.05) is 30.3 Å². The highest BCUT2D eigenvalue weighted by molar-refractivity contribution is 5.94. The quantitative estimate of drug-likeness (QED) is 0.759. The van der Waals surface area contributed by atoms with Crippen LogP contribution in [-0.2, 0) is 0 Å². The number of hydrogen-bond donors (Lipinski definition) is 1. The van der Waals surface area contributed by atoms with Crippen LogP contribution in [0.15, 0.2) is 54.7 Å². The van der Waals surface area contributed by atoms with E-state index in [1.54, 1.807) is 18.3 Å². The lowest BCUT2D eigenvalue weighted by molar-refractivity contribution is 0.0690. The van der Waals surface area contributed by atoms with Gasteiger partial charge in [-0.05, 0) is 24.3 Å². The second kappa shape index (κ2) is 4.49. The summed E-state index contributed by atoms with van der Waals surface area (Å²) in [6.07, 6.45) is 1.73. The maximum absolute atomic E-state index is 11.0. The van der Waals surface area contributed by atoms with Crippen molar-refractivity contribution >= 4 is 16.9 Å². The minimum atomic E-state index is -1.03. The fraction of sp³-hybridized carbons (Fsp3) is 0. The fourth-order valence-corrected chi connectivity index (χ4v) is 2.03. The highest BCUT2D eigenvalue weighted by Gasteiger charge is 2.09. The molecule has 2 heterocycles. The minimum Gasteiger partial charge on any atom is -0.477 e. The standard InChI is InChI=1S/C15H10N2O2/c18-15(19)14-8-2-7-13(17-14)11-4-1-6-12-10(11)5-3-9-16-12/h1-9H,(H,18,19). The molecule has 0 amide bonds. The van der Waals surface area contributed by atoms with E-state index in [0.29, 0.717) is 5.69 Å². The average molecular weight is 250 g/mol. The molecule has 4 nitrogen and oxygen atoms in total. The van der Waals surface area contributed by atoms with Gasteiger partial charge < -0.3 is 5.11 Å². The number of aromatic carboxylic acids is 1. The van der Waals surface area contributed by atoms with Crippen molar-refractivity contribution in [2.45, 2.75) is 0 Å². The van der Waals surface area contributed by atoms with Gasteiger partial charge in [-0.25, -0.2) is 9.78 Å². The normalized spacial score (nSPS) is 10.5. The van der Waals surface area contributed by atoms with Crippen LogP contribution in [0.4, 0.5) is 0 Å². The Balaban J connectivity index is 2.24. The van der Waals surface area contributed by atoms with Gasteiger partial charge in [0.1, 0.15) is 5.69 Å². The molecule has 92 valence electrons. The third-order valence-electron chi connectivity index (χ3n) is 2.89. The second-order valence-corrected chi connectivity index (χ2v) is 4.09. The predicted octanol–water partition coefficient (Wildman–Crippen LogP) is 3.00. The van der Waals surface area contributed by atoms with E-state index >= 15 is 0 Å². The number of carboxylic acid groups (broad SMARTS) is 1. The summed E-state index contributed by atoms with van der Waals surface area (Å²) in [6.45, 7) is 0. The monoisotopic (exact) mass is 250 g/mol. The Kier molecular flexibility index (Phi) is 2.68. The first-order valence-electron chi connectivity index (χ1n) is 5.80. The summed E-state index contributed by atoms with van der Waals surface area (Å²) >= 11 is 0. The van der Waals surface area contributed by atoms with Gasteiger partial charge in [-0.3, -0.25) is 4.98 Å². The molecular weight excluding hydrogens is 240 g/mol. The van der Waals surface area contributed by atoms with Gasteiger partial charge in [0.05, 0.1) is 11.2 Å². The van der Waals surface area contributed by atoms with E-state index in [2.05, 4.69) is 9.97 Å². The van der Waals surface area contributed by atoms with Crippen LogP contribution < -0.4 is 0 Å². The number of benzene rings is 1. The van der Waals surface area contributed by atoms with Crippen molar-refractivity contribution in [1.29, 1.82) is 0 Å². The molecule has 0 aliphatic rings. The zero-order valence-corrected chi connectivity index (χ0v) is 9.95. The molecule has 0 aliphatic carbocycles. The van der Waals surface area contributed by atoms with E-state index in [4.69, 9.17) is 5.11 Å². The third kappa shape index (κ3) is 2.04. The summed E-state index contributed by atoms with van der Waals surface area (Å²) in [5, 5.41) is 9.95. The number of aromatic nitrogens is 2. The third-order valence-corrected chi connectivity index (χ3v) is 2.89. The van der Waals surface area contributed by atoms with Crippen molar-refractivity contribution in [3.05, 3.63) is 60.4 Å². The molecule has 0 radical (unpaired) electrons. The van der Waals surface area contributed by atoms with Gasteiger partial charge in [0, 0.05) is 17.1 Å². The highest BCUT2D eigenvalue weighted by Crippen LogP contribution is 2.26. The number of pyridine rings is 2. The molecule has 0 aliphatic heterocycles. The van der Waals surface area contributed by atoms with Gasteiger partial charge in [-0.15, -0.1) is 0 Å². The van der Waals surface area contributed by atoms with Gasteiger partial charge in [0.25, 0.3) is 0 Å². The molecule has 1 N–H and O–H groups in total. The number of rotatable bonds is 2. The van der Waals surface area contributed by atoms with Crippen LogP contribution in [0.1, 0.15) is 10.5 Å². The van der Waals surface area contributed by atoms with Crippen LogP contribution in [0.5, 0.6) is 0 Å². The number of carbonyl (C=O) groups is 1. The summed E-state index contributed by atoms with van der Waals surface area (Å²) < 4.78 is 0. The molecule has 3 rings (SSSR count). The highest BCUT2D eigenvalue weighted by atomic mass is 16.4. The summed E-state index contributed by atoms with van der Waals surface area (Å²) in [7, 11) is 0. The van der Waals surface area contributed by atoms with Crippen LogP contribution in [0.2, 0.25) is 0 Å². The van der Waals surface area contributed by atoms with Crippen molar-refractivity contribution in [3.8, 4) is 11.3 Å². The fourth-order valence-electron chi connectivity index (χ4n) is 2.03. The zero-order valence-electron chi connectivity index (χ0n) is 9.95. The topological polar surface area (TPSA) is 63.1 Å². The van der Waals surface area contributed by atoms with Gasteiger partial charge in [0.15, 0.2) is 0 Å². The average Bonchev–Trinajstić information content (AvgIpc) is 2.47. The molecule has 0 saturated heterocycles. The Morgan fingerprint density at radius 3 is 2.68 bits per heavy atom. The van der Waals surface area contributed by atoms with Crippen LogP contribution in [0.3, 0.4) is 0 Å². The summed E-state index contributed by atoms with van der Waals surface area (Å²) in [4.78, 5) is 19.4. The van der Waals surface area contributed by atoms with Crippen molar-refractivity contribution in [2.75, 3.05) is 0 Å². The lowest BCUT2D eigenvalue weighted by atomic mass is 10.0. The molecule has 0 saturated carbocycles. The number of fused-ring (bicyclic) bond motifs is 1. The van der Waals surface area contributed by atoms with Gasteiger partial charge >= 0.3 is 5.97 Å². The first-order valence-corrected chi connectivity index (χ1v) is 5.80. The molecular formula is C15H10N2O2. The van der Waals surface area contributed by atoms with E-state index in [0.717, 1.165) is 16.5 Å². The van der Waals surface area contributed by atoms with E-state index < -0.39 is 5.97 Å². The Hall–Kier alpha value is -2.75. The predicted molar refractivity (Wildman–Crippen MR) is 71.9 cm³/mol. The summed E-state index contributed by atoms with van der Waals surface area (Å²) in [5.74, 6) is -1.03. The van der Waals surface area contributed by atoms with Crippen molar-refractivity contribution in [1.82, 2.24) is 9.97 Å². The maximum Gasteiger partial charge on any atom is 0.354 e. The molecule has 0 spiro atoms. The van der Waals surface area contributed by atoms with E-state index in [9.17, 15) is 4.79 Å². The molecule has 2 aromatic heterocycles. The van der Waals surface area contributed by atoms with E-state index in [-0.39, 0.29) is 5.69 Å². The van der Waals surface area contributed by atoms with Crippen LogP contribution in [0, 0.1) is 0 Å². The largest absolute Gasteiger partial charge is 0.477 e. The smallest absolute Gasteiger partial charge is 0.354 e. The Labute approximate surface area is 109 Å². The molecule has 0 bridgehead atoms. The first-order chi connectivity index (χ1) is 9.25. The second-order valence-electron chi connectivity index (χ2n) is 4.09. The number of carboxylic acids is 1. The maximum atomic E-state index is 11.0.